The van der Waals surface area contributed by atoms with Crippen molar-refractivity contribution >= 4 is 21.7 Å². The summed E-state index contributed by atoms with van der Waals surface area (Å²) in [5.41, 5.74) is 0.607. The maximum Gasteiger partial charge on any atom is 0.179 e. The Morgan fingerprint density at radius 1 is 1.38 bits per heavy atom. The number of carbonyl (C=O) groups is 1. The van der Waals surface area contributed by atoms with Crippen LogP contribution in [0.4, 0.5) is 0 Å². The van der Waals surface area contributed by atoms with E-state index in [2.05, 4.69) is 22.0 Å². The Hall–Kier alpha value is -1.14. The minimum Gasteiger partial charge on any atom is -0.293 e. The molecule has 2 nitrogen and oxygen atoms in total. The number of ketones is 1. The molecule has 0 amide bonds. The van der Waals surface area contributed by atoms with Crippen LogP contribution in [0.15, 0.2) is 28.7 Å². The molecule has 1 rings (SSSR count). The van der Waals surface area contributed by atoms with Gasteiger partial charge in [0.2, 0.25) is 0 Å². The third kappa shape index (κ3) is 3.46. The van der Waals surface area contributed by atoms with Crippen LogP contribution in [0.1, 0.15) is 30.6 Å². The molecule has 1 unspecified atom stereocenters. The van der Waals surface area contributed by atoms with Crippen molar-refractivity contribution in [3.05, 3.63) is 34.3 Å². The van der Waals surface area contributed by atoms with E-state index in [9.17, 15) is 4.79 Å². The Labute approximate surface area is 104 Å². The highest BCUT2D eigenvalue weighted by Crippen LogP contribution is 2.18. The third-order valence-corrected chi connectivity index (χ3v) is 2.84. The Morgan fingerprint density at radius 3 is 2.38 bits per heavy atom. The zero-order chi connectivity index (χ0) is 12.1. The normalized spacial score (nSPS) is 12.2. The fraction of sp³-hybridized carbons (Fsp3) is 0.385. The topological polar surface area (TPSA) is 40.9 Å². The fourth-order valence-electron chi connectivity index (χ4n) is 1.51. The molecule has 0 fully saturated rings. The van der Waals surface area contributed by atoms with Gasteiger partial charge in [-0.1, -0.05) is 41.9 Å². The molecule has 3 heteroatoms. The molecular weight excluding hydrogens is 266 g/mol. The van der Waals surface area contributed by atoms with Gasteiger partial charge in [0.15, 0.2) is 5.78 Å². The van der Waals surface area contributed by atoms with Gasteiger partial charge in [-0.2, -0.15) is 5.26 Å². The lowest BCUT2D eigenvalue weighted by atomic mass is 9.91. The average molecular weight is 280 g/mol. The molecule has 84 valence electrons. The van der Waals surface area contributed by atoms with Gasteiger partial charge in [-0.3, -0.25) is 4.79 Å². The molecule has 0 radical (unpaired) electrons. The van der Waals surface area contributed by atoms with Gasteiger partial charge in [-0.25, -0.2) is 0 Å². The molecule has 0 heterocycles. The molecule has 0 aliphatic rings. The molecule has 1 atom stereocenters. The molecule has 1 aromatic rings. The Morgan fingerprint density at radius 2 is 1.94 bits per heavy atom. The first-order valence-electron chi connectivity index (χ1n) is 5.24. The molecule has 0 aliphatic carbocycles. The molecule has 16 heavy (non-hydrogen) atoms. The van der Waals surface area contributed by atoms with Crippen molar-refractivity contribution in [2.75, 3.05) is 0 Å². The maximum atomic E-state index is 12.0. The molecule has 0 aromatic heterocycles. The van der Waals surface area contributed by atoms with Crippen LogP contribution in [0, 0.1) is 23.2 Å². The molecule has 1 aromatic carbocycles. The first-order valence-corrected chi connectivity index (χ1v) is 6.03. The quantitative estimate of drug-likeness (QED) is 0.787. The van der Waals surface area contributed by atoms with Crippen LogP contribution in [0.25, 0.3) is 0 Å². The van der Waals surface area contributed by atoms with Gasteiger partial charge in [0, 0.05) is 10.0 Å². The van der Waals surface area contributed by atoms with Crippen molar-refractivity contribution in [3.8, 4) is 6.07 Å². The van der Waals surface area contributed by atoms with Crippen LogP contribution in [-0.4, -0.2) is 5.78 Å². The van der Waals surface area contributed by atoms with Gasteiger partial charge in [0.05, 0.1) is 6.07 Å². The van der Waals surface area contributed by atoms with Gasteiger partial charge in [0.1, 0.15) is 5.92 Å². The van der Waals surface area contributed by atoms with E-state index in [0.717, 1.165) is 4.47 Å². The minimum atomic E-state index is -0.527. The molecule has 0 saturated carbocycles. The van der Waals surface area contributed by atoms with Crippen LogP contribution >= 0.6 is 15.9 Å². The lowest BCUT2D eigenvalue weighted by Gasteiger charge is -2.10. The molecule has 0 N–H and O–H groups in total. The lowest BCUT2D eigenvalue weighted by molar-refractivity contribution is 0.0937. The predicted octanol–water partition coefficient (Wildman–Crippen LogP) is 3.82. The first kappa shape index (κ1) is 12.9. The summed E-state index contributed by atoms with van der Waals surface area (Å²) < 4.78 is 0.932. The van der Waals surface area contributed by atoms with Crippen LogP contribution in [0.3, 0.4) is 0 Å². The summed E-state index contributed by atoms with van der Waals surface area (Å²) in [6.07, 6.45) is 0.616. The van der Waals surface area contributed by atoms with Crippen LogP contribution in [0.5, 0.6) is 0 Å². The second kappa shape index (κ2) is 5.81. The van der Waals surface area contributed by atoms with Gasteiger partial charge >= 0.3 is 0 Å². The van der Waals surface area contributed by atoms with Gasteiger partial charge < -0.3 is 0 Å². The zero-order valence-corrected chi connectivity index (χ0v) is 11.0. The summed E-state index contributed by atoms with van der Waals surface area (Å²) >= 11 is 3.31. The summed E-state index contributed by atoms with van der Waals surface area (Å²) in [5.74, 6) is -0.256. The second-order valence-electron chi connectivity index (χ2n) is 4.18. The van der Waals surface area contributed by atoms with Crippen LogP contribution in [-0.2, 0) is 0 Å². The molecule has 0 aliphatic heterocycles. The van der Waals surface area contributed by atoms with E-state index in [4.69, 9.17) is 5.26 Å². The van der Waals surface area contributed by atoms with E-state index in [0.29, 0.717) is 17.9 Å². The first-order chi connectivity index (χ1) is 7.54. The minimum absolute atomic E-state index is 0.0799. The number of hydrogen-bond acceptors (Lipinski definition) is 2. The van der Waals surface area contributed by atoms with Gasteiger partial charge in [-0.15, -0.1) is 0 Å². The lowest BCUT2D eigenvalue weighted by Crippen LogP contribution is -2.15. The number of hydrogen-bond donors (Lipinski definition) is 0. The molecular formula is C13H14BrNO. The van der Waals surface area contributed by atoms with Crippen LogP contribution in [0.2, 0.25) is 0 Å². The average Bonchev–Trinajstić information content (AvgIpc) is 2.25. The van der Waals surface area contributed by atoms with Crippen molar-refractivity contribution in [2.45, 2.75) is 20.3 Å². The van der Waals surface area contributed by atoms with Crippen molar-refractivity contribution in [3.63, 3.8) is 0 Å². The van der Waals surface area contributed by atoms with E-state index >= 15 is 0 Å². The number of benzene rings is 1. The SMILES string of the molecule is CC(C)CC(C#N)C(=O)c1ccc(Br)cc1. The van der Waals surface area contributed by atoms with Crippen molar-refractivity contribution in [1.82, 2.24) is 0 Å². The monoisotopic (exact) mass is 279 g/mol. The zero-order valence-electron chi connectivity index (χ0n) is 9.40. The molecule has 0 saturated heterocycles. The Bertz CT molecular complexity index is 403. The largest absolute Gasteiger partial charge is 0.293 e. The van der Waals surface area contributed by atoms with Crippen molar-refractivity contribution < 1.29 is 4.79 Å². The summed E-state index contributed by atoms with van der Waals surface area (Å²) in [4.78, 5) is 12.0. The summed E-state index contributed by atoms with van der Waals surface area (Å²) in [6, 6.07) is 9.21. The summed E-state index contributed by atoms with van der Waals surface area (Å²) in [7, 11) is 0. The highest BCUT2D eigenvalue weighted by atomic mass is 79.9. The number of carbonyl (C=O) groups excluding carboxylic acids is 1. The Balaban J connectivity index is 2.84. The number of halogens is 1. The van der Waals surface area contributed by atoms with E-state index in [1.165, 1.54) is 0 Å². The number of nitriles is 1. The van der Waals surface area contributed by atoms with Gasteiger partial charge in [-0.05, 0) is 24.5 Å². The van der Waals surface area contributed by atoms with Crippen molar-refractivity contribution in [1.29, 1.82) is 5.26 Å². The maximum absolute atomic E-state index is 12.0. The molecule has 0 bridgehead atoms. The number of Topliss-reactive ketones (excluding diaryl/α,β-unsaturated/α-hetero) is 1. The highest BCUT2D eigenvalue weighted by Gasteiger charge is 2.20. The smallest absolute Gasteiger partial charge is 0.179 e. The fourth-order valence-corrected chi connectivity index (χ4v) is 1.77. The van der Waals surface area contributed by atoms with E-state index in [1.807, 2.05) is 26.0 Å². The van der Waals surface area contributed by atoms with E-state index in [-0.39, 0.29) is 5.78 Å². The Kier molecular flexibility index (Phi) is 4.70. The van der Waals surface area contributed by atoms with Gasteiger partial charge in [0.25, 0.3) is 0 Å². The second-order valence-corrected chi connectivity index (χ2v) is 5.10. The number of rotatable bonds is 4. The third-order valence-electron chi connectivity index (χ3n) is 2.31. The number of nitrogens with zero attached hydrogens (tertiary/aromatic N) is 1. The predicted molar refractivity (Wildman–Crippen MR) is 67.0 cm³/mol. The van der Waals surface area contributed by atoms with E-state index < -0.39 is 5.92 Å². The highest BCUT2D eigenvalue weighted by molar-refractivity contribution is 9.10. The van der Waals surface area contributed by atoms with Crippen LogP contribution < -0.4 is 0 Å². The van der Waals surface area contributed by atoms with Crippen molar-refractivity contribution in [2.24, 2.45) is 11.8 Å². The summed E-state index contributed by atoms with van der Waals surface area (Å²) in [6.45, 7) is 4.03. The standard InChI is InChI=1S/C13H14BrNO/c1-9(2)7-11(8-15)13(16)10-3-5-12(14)6-4-10/h3-6,9,11H,7H2,1-2H3. The molecule has 0 spiro atoms. The summed E-state index contributed by atoms with van der Waals surface area (Å²) in [5, 5.41) is 8.98. The van der Waals surface area contributed by atoms with E-state index in [1.54, 1.807) is 12.1 Å².